The van der Waals surface area contributed by atoms with E-state index in [-0.39, 0.29) is 18.0 Å². The van der Waals surface area contributed by atoms with E-state index in [1.165, 1.54) is 7.11 Å². The topological polar surface area (TPSA) is 44.8 Å². The Morgan fingerprint density at radius 1 is 1.05 bits per heavy atom. The summed E-state index contributed by atoms with van der Waals surface area (Å²) in [7, 11) is 4.77. The molecule has 0 saturated carbocycles. The first-order valence-electron chi connectivity index (χ1n) is 6.31. The second kappa shape index (κ2) is 8.04. The molecule has 1 aromatic rings. The average molecular weight is 266 g/mol. The maximum atomic E-state index is 12.3. The van der Waals surface area contributed by atoms with Crippen LogP contribution in [0.3, 0.4) is 0 Å². The number of benzene rings is 1. The molecule has 0 aliphatic heterocycles. The van der Waals surface area contributed by atoms with Crippen molar-refractivity contribution in [2.45, 2.75) is 31.7 Å². The summed E-state index contributed by atoms with van der Waals surface area (Å²) in [6.07, 6.45) is -0.325. The van der Waals surface area contributed by atoms with Gasteiger partial charge < -0.3 is 14.2 Å². The molecular weight excluding hydrogens is 244 g/mol. The van der Waals surface area contributed by atoms with E-state index in [2.05, 4.69) is 0 Å². The molecule has 1 aromatic carbocycles. The number of carbonyl (C=O) groups is 1. The molecule has 0 radical (unpaired) electrons. The van der Waals surface area contributed by atoms with Gasteiger partial charge in [-0.05, 0) is 6.92 Å². The minimum absolute atomic E-state index is 0.0338. The highest BCUT2D eigenvalue weighted by Crippen LogP contribution is 2.15. The number of hydrogen-bond acceptors (Lipinski definition) is 4. The lowest BCUT2D eigenvalue weighted by Crippen LogP contribution is -2.35. The third-order valence-electron chi connectivity index (χ3n) is 3.28. The van der Waals surface area contributed by atoms with Gasteiger partial charge in [-0.2, -0.15) is 0 Å². The molecule has 0 spiro atoms. The van der Waals surface area contributed by atoms with Gasteiger partial charge in [0.1, 0.15) is 6.10 Å². The van der Waals surface area contributed by atoms with Crippen molar-refractivity contribution in [3.63, 3.8) is 0 Å². The Hall–Kier alpha value is -1.23. The molecule has 0 N–H and O–H groups in total. The minimum atomic E-state index is -0.523. The summed E-state index contributed by atoms with van der Waals surface area (Å²) in [4.78, 5) is 12.3. The Morgan fingerprint density at radius 3 is 2.16 bits per heavy atom. The highest BCUT2D eigenvalue weighted by Gasteiger charge is 2.26. The third kappa shape index (κ3) is 4.42. The fraction of sp³-hybridized carbons (Fsp3) is 0.533. The van der Waals surface area contributed by atoms with Gasteiger partial charge in [0, 0.05) is 33.3 Å². The van der Waals surface area contributed by atoms with Crippen LogP contribution in [0.5, 0.6) is 0 Å². The van der Waals surface area contributed by atoms with E-state index in [0.29, 0.717) is 12.0 Å². The molecule has 0 bridgehead atoms. The fourth-order valence-electron chi connectivity index (χ4n) is 1.94. The zero-order chi connectivity index (χ0) is 14.3. The third-order valence-corrected chi connectivity index (χ3v) is 3.28. The Labute approximate surface area is 114 Å². The number of carbonyl (C=O) groups excluding carboxylic acids is 1. The quantitative estimate of drug-likeness (QED) is 0.677. The lowest BCUT2D eigenvalue weighted by atomic mass is 9.99. The predicted molar refractivity (Wildman–Crippen MR) is 73.5 cm³/mol. The van der Waals surface area contributed by atoms with E-state index in [1.807, 2.05) is 25.1 Å². The van der Waals surface area contributed by atoms with E-state index < -0.39 is 6.10 Å². The molecule has 0 saturated heterocycles. The van der Waals surface area contributed by atoms with Crippen molar-refractivity contribution in [3.05, 3.63) is 35.9 Å². The summed E-state index contributed by atoms with van der Waals surface area (Å²) in [5, 5.41) is 0. The Bertz CT molecular complexity index is 377. The number of ether oxygens (including phenoxy) is 3. The summed E-state index contributed by atoms with van der Waals surface area (Å²) in [5.74, 6) is -0.0338. The summed E-state index contributed by atoms with van der Waals surface area (Å²) in [6, 6.07) is 9.13. The molecule has 3 atom stereocenters. The van der Waals surface area contributed by atoms with Crippen LogP contribution >= 0.6 is 0 Å². The zero-order valence-electron chi connectivity index (χ0n) is 12.0. The van der Waals surface area contributed by atoms with Gasteiger partial charge in [0.25, 0.3) is 0 Å². The van der Waals surface area contributed by atoms with Crippen molar-refractivity contribution in [1.29, 1.82) is 0 Å². The van der Waals surface area contributed by atoms with Gasteiger partial charge in [-0.1, -0.05) is 30.3 Å². The van der Waals surface area contributed by atoms with Gasteiger partial charge in [0.15, 0.2) is 5.78 Å². The normalized spacial score (nSPS) is 15.8. The van der Waals surface area contributed by atoms with Crippen molar-refractivity contribution in [2.75, 3.05) is 21.3 Å². The number of Topliss-reactive ketones (excluding diaryl/α,β-unsaturated/α-hetero) is 1. The molecule has 4 heteroatoms. The second-order valence-electron chi connectivity index (χ2n) is 4.41. The van der Waals surface area contributed by atoms with Crippen LogP contribution in [0.25, 0.3) is 0 Å². The van der Waals surface area contributed by atoms with E-state index in [9.17, 15) is 4.79 Å². The second-order valence-corrected chi connectivity index (χ2v) is 4.41. The first-order valence-corrected chi connectivity index (χ1v) is 6.31. The Morgan fingerprint density at radius 2 is 1.68 bits per heavy atom. The van der Waals surface area contributed by atoms with Crippen LogP contribution < -0.4 is 0 Å². The summed E-state index contributed by atoms with van der Waals surface area (Å²) < 4.78 is 15.9. The van der Waals surface area contributed by atoms with Crippen molar-refractivity contribution in [3.8, 4) is 0 Å². The van der Waals surface area contributed by atoms with Gasteiger partial charge in [0.05, 0.1) is 12.2 Å². The smallest absolute Gasteiger partial charge is 0.191 e. The van der Waals surface area contributed by atoms with Crippen LogP contribution in [0, 0.1) is 0 Å². The van der Waals surface area contributed by atoms with E-state index in [4.69, 9.17) is 14.2 Å². The van der Waals surface area contributed by atoms with Gasteiger partial charge >= 0.3 is 0 Å². The maximum Gasteiger partial charge on any atom is 0.191 e. The van der Waals surface area contributed by atoms with Crippen molar-refractivity contribution >= 4 is 5.78 Å². The Balaban J connectivity index is 2.75. The van der Waals surface area contributed by atoms with Crippen LogP contribution in [-0.2, 0) is 14.2 Å². The lowest BCUT2D eigenvalue weighted by Gasteiger charge is -2.25. The molecule has 19 heavy (non-hydrogen) atoms. The first kappa shape index (κ1) is 15.8. The molecule has 0 aromatic heterocycles. The van der Waals surface area contributed by atoms with Gasteiger partial charge in [-0.15, -0.1) is 0 Å². The van der Waals surface area contributed by atoms with Gasteiger partial charge in [0.2, 0.25) is 0 Å². The van der Waals surface area contributed by atoms with Crippen molar-refractivity contribution in [1.82, 2.24) is 0 Å². The summed E-state index contributed by atoms with van der Waals surface area (Å²) >= 11 is 0. The van der Waals surface area contributed by atoms with Crippen LogP contribution in [0.1, 0.15) is 23.7 Å². The molecule has 0 amide bonds. The molecule has 1 rings (SSSR count). The fourth-order valence-corrected chi connectivity index (χ4v) is 1.94. The number of rotatable bonds is 8. The molecule has 106 valence electrons. The van der Waals surface area contributed by atoms with Gasteiger partial charge in [-0.3, -0.25) is 4.79 Å². The minimum Gasteiger partial charge on any atom is -0.379 e. The predicted octanol–water partition coefficient (Wildman–Crippen LogP) is 2.32. The first-order chi connectivity index (χ1) is 9.13. The van der Waals surface area contributed by atoms with Crippen LogP contribution in [0.4, 0.5) is 0 Å². The molecule has 0 aliphatic rings. The largest absolute Gasteiger partial charge is 0.379 e. The Kier molecular flexibility index (Phi) is 6.70. The molecule has 3 unspecified atom stereocenters. The highest BCUT2D eigenvalue weighted by molar-refractivity contribution is 5.99. The van der Waals surface area contributed by atoms with E-state index in [1.54, 1.807) is 26.4 Å². The molecule has 0 fully saturated rings. The monoisotopic (exact) mass is 266 g/mol. The highest BCUT2D eigenvalue weighted by atomic mass is 16.5. The summed E-state index contributed by atoms with van der Waals surface area (Å²) in [6.45, 7) is 1.91. The number of methoxy groups -OCH3 is 3. The lowest BCUT2D eigenvalue weighted by molar-refractivity contribution is -0.0496. The standard InChI is InChI=1S/C15H22O4/c1-11(17-2)13(18-3)10-14(19-4)15(16)12-8-6-5-7-9-12/h5-9,11,13-14H,10H2,1-4H3. The zero-order valence-corrected chi connectivity index (χ0v) is 12.0. The van der Waals surface area contributed by atoms with Gasteiger partial charge in [-0.25, -0.2) is 0 Å². The van der Waals surface area contributed by atoms with Crippen LogP contribution in [-0.4, -0.2) is 45.4 Å². The van der Waals surface area contributed by atoms with E-state index >= 15 is 0 Å². The van der Waals surface area contributed by atoms with Crippen molar-refractivity contribution in [2.24, 2.45) is 0 Å². The number of hydrogen-bond donors (Lipinski definition) is 0. The average Bonchev–Trinajstić information content (AvgIpc) is 2.48. The summed E-state index contributed by atoms with van der Waals surface area (Å²) in [5.41, 5.74) is 0.647. The van der Waals surface area contributed by atoms with Crippen LogP contribution in [0.15, 0.2) is 30.3 Å². The molecule has 0 heterocycles. The van der Waals surface area contributed by atoms with E-state index in [0.717, 1.165) is 0 Å². The maximum absolute atomic E-state index is 12.3. The van der Waals surface area contributed by atoms with Crippen molar-refractivity contribution < 1.29 is 19.0 Å². The van der Waals surface area contributed by atoms with Crippen LogP contribution in [0.2, 0.25) is 0 Å². The molecule has 0 aliphatic carbocycles. The molecule has 4 nitrogen and oxygen atoms in total. The SMILES string of the molecule is COC(CC(OC)C(C)OC)C(=O)c1ccccc1. The number of ketones is 1. The molecular formula is C15H22O4.